The van der Waals surface area contributed by atoms with E-state index in [0.717, 1.165) is 11.4 Å². The predicted octanol–water partition coefficient (Wildman–Crippen LogP) is 1.84. The molecule has 1 aromatic heterocycles. The van der Waals surface area contributed by atoms with Gasteiger partial charge in [-0.1, -0.05) is 0 Å². The Morgan fingerprint density at radius 1 is 1.13 bits per heavy atom. The third-order valence-corrected chi connectivity index (χ3v) is 3.39. The molecule has 0 bridgehead atoms. The highest BCUT2D eigenvalue weighted by atomic mass is 16.5. The molecule has 1 heterocycles. The minimum absolute atomic E-state index is 0.127. The zero-order valence-electron chi connectivity index (χ0n) is 13.5. The van der Waals surface area contributed by atoms with E-state index in [2.05, 4.69) is 4.98 Å². The number of nitrogens with one attached hydrogen (secondary N) is 1. The number of methoxy groups -OCH3 is 1. The number of hydrogen-bond donors (Lipinski definition) is 1. The molecule has 0 spiro atoms. The number of pyridine rings is 1. The van der Waals surface area contributed by atoms with E-state index >= 15 is 0 Å². The Balaban J connectivity index is 1.89. The van der Waals surface area contributed by atoms with Gasteiger partial charge in [0.15, 0.2) is 0 Å². The molecule has 0 fully saturated rings. The number of aryl methyl sites for hydroxylation is 1. The first kappa shape index (κ1) is 16.6. The van der Waals surface area contributed by atoms with Crippen LogP contribution >= 0.6 is 0 Å². The third kappa shape index (κ3) is 4.35. The van der Waals surface area contributed by atoms with E-state index in [9.17, 15) is 9.59 Å². The van der Waals surface area contributed by atoms with Gasteiger partial charge in [0.05, 0.1) is 13.7 Å². The van der Waals surface area contributed by atoms with Gasteiger partial charge in [-0.05, 0) is 43.3 Å². The summed E-state index contributed by atoms with van der Waals surface area (Å²) in [5.74, 6) is 1.12. The number of amides is 1. The summed E-state index contributed by atoms with van der Waals surface area (Å²) in [5, 5.41) is 0. The molecular formula is C17H20N2O4. The number of likely N-dealkylation sites (N-methyl/N-ethyl adjacent to an activating group) is 1. The summed E-state index contributed by atoms with van der Waals surface area (Å²) < 4.78 is 10.6. The van der Waals surface area contributed by atoms with E-state index in [1.165, 1.54) is 11.0 Å². The number of ether oxygens (including phenoxy) is 2. The summed E-state index contributed by atoms with van der Waals surface area (Å²) in [6.07, 6.45) is 0. The molecule has 0 aliphatic rings. The van der Waals surface area contributed by atoms with Crippen LogP contribution in [-0.4, -0.2) is 43.1 Å². The lowest BCUT2D eigenvalue weighted by Gasteiger charge is -2.17. The first-order chi connectivity index (χ1) is 11.0. The molecule has 1 aromatic carbocycles. The number of nitrogens with zero attached hydrogens (tertiary/aromatic N) is 1. The van der Waals surface area contributed by atoms with E-state index in [1.807, 2.05) is 0 Å². The zero-order valence-corrected chi connectivity index (χ0v) is 13.5. The average Bonchev–Trinajstić information content (AvgIpc) is 2.55. The first-order valence-corrected chi connectivity index (χ1v) is 7.23. The Morgan fingerprint density at radius 3 is 2.39 bits per heavy atom. The van der Waals surface area contributed by atoms with Gasteiger partial charge in [-0.25, -0.2) is 0 Å². The van der Waals surface area contributed by atoms with Crippen LogP contribution in [0.4, 0.5) is 0 Å². The van der Waals surface area contributed by atoms with Crippen LogP contribution in [-0.2, 0) is 0 Å². The van der Waals surface area contributed by atoms with Crippen LogP contribution < -0.4 is 15.0 Å². The van der Waals surface area contributed by atoms with E-state index in [0.29, 0.717) is 18.9 Å². The van der Waals surface area contributed by atoms with Crippen molar-refractivity contribution in [2.24, 2.45) is 0 Å². The number of carbonyl (C=O) groups excluding carboxylic acids is 1. The van der Waals surface area contributed by atoms with Crippen LogP contribution in [0.25, 0.3) is 0 Å². The van der Waals surface area contributed by atoms with Crippen LogP contribution in [0.3, 0.4) is 0 Å². The number of hydrogen-bond acceptors (Lipinski definition) is 4. The molecule has 0 radical (unpaired) electrons. The van der Waals surface area contributed by atoms with Gasteiger partial charge in [-0.3, -0.25) is 9.59 Å². The summed E-state index contributed by atoms with van der Waals surface area (Å²) in [7, 11) is 3.24. The Kier molecular flexibility index (Phi) is 5.41. The largest absolute Gasteiger partial charge is 0.497 e. The maximum Gasteiger partial charge on any atom is 0.260 e. The normalized spacial score (nSPS) is 10.2. The zero-order chi connectivity index (χ0) is 16.8. The highest BCUT2D eigenvalue weighted by Gasteiger charge is 2.15. The maximum atomic E-state index is 12.2. The summed E-state index contributed by atoms with van der Waals surface area (Å²) in [6.45, 7) is 2.47. The highest BCUT2D eigenvalue weighted by Crippen LogP contribution is 2.16. The number of aromatic nitrogens is 1. The monoisotopic (exact) mass is 316 g/mol. The average molecular weight is 316 g/mol. The summed E-state index contributed by atoms with van der Waals surface area (Å²) in [5.41, 5.74) is 0.470. The van der Waals surface area contributed by atoms with Crippen molar-refractivity contribution in [2.45, 2.75) is 6.92 Å². The number of aromatic amines is 1. The summed E-state index contributed by atoms with van der Waals surface area (Å²) >= 11 is 0. The molecule has 0 saturated carbocycles. The van der Waals surface area contributed by atoms with Gasteiger partial charge in [-0.15, -0.1) is 0 Å². The van der Waals surface area contributed by atoms with Gasteiger partial charge in [0.1, 0.15) is 23.7 Å². The Bertz CT molecular complexity index is 722. The smallest absolute Gasteiger partial charge is 0.260 e. The molecule has 0 aliphatic heterocycles. The minimum Gasteiger partial charge on any atom is -0.497 e. The summed E-state index contributed by atoms with van der Waals surface area (Å²) in [4.78, 5) is 28.1. The van der Waals surface area contributed by atoms with Gasteiger partial charge in [-0.2, -0.15) is 0 Å². The second-order valence-electron chi connectivity index (χ2n) is 5.13. The fraction of sp³-hybridized carbons (Fsp3) is 0.294. The molecule has 122 valence electrons. The standard InChI is InChI=1S/C17H20N2O4/c1-12-4-9-15(16(20)18-12)17(21)19(2)10-11-23-14-7-5-13(22-3)6-8-14/h4-9H,10-11H2,1-3H3,(H,18,20). The molecule has 0 saturated heterocycles. The molecule has 2 aromatic rings. The minimum atomic E-state index is -0.377. The van der Waals surface area contributed by atoms with E-state index in [-0.39, 0.29) is 17.0 Å². The maximum absolute atomic E-state index is 12.2. The molecule has 0 aliphatic carbocycles. The lowest BCUT2D eigenvalue weighted by molar-refractivity contribution is 0.0772. The topological polar surface area (TPSA) is 71.6 Å². The molecule has 23 heavy (non-hydrogen) atoms. The molecule has 2 rings (SSSR count). The van der Waals surface area contributed by atoms with E-state index in [4.69, 9.17) is 9.47 Å². The molecular weight excluding hydrogens is 296 g/mol. The number of carbonyl (C=O) groups is 1. The van der Waals surface area contributed by atoms with Crippen LogP contribution in [0.5, 0.6) is 11.5 Å². The van der Waals surface area contributed by atoms with Gasteiger partial charge in [0.2, 0.25) is 0 Å². The van der Waals surface area contributed by atoms with Crippen molar-refractivity contribution in [2.75, 3.05) is 27.3 Å². The van der Waals surface area contributed by atoms with Crippen molar-refractivity contribution < 1.29 is 14.3 Å². The van der Waals surface area contributed by atoms with Crippen LogP contribution in [0.15, 0.2) is 41.2 Å². The SMILES string of the molecule is COc1ccc(OCCN(C)C(=O)c2ccc(C)[nH]c2=O)cc1. The van der Waals surface area contributed by atoms with Crippen molar-refractivity contribution in [3.63, 3.8) is 0 Å². The lowest BCUT2D eigenvalue weighted by atomic mass is 10.2. The predicted molar refractivity (Wildman–Crippen MR) is 87.2 cm³/mol. The third-order valence-electron chi connectivity index (χ3n) is 3.39. The fourth-order valence-corrected chi connectivity index (χ4v) is 2.02. The van der Waals surface area contributed by atoms with Crippen molar-refractivity contribution in [1.82, 2.24) is 9.88 Å². The Hall–Kier alpha value is -2.76. The summed E-state index contributed by atoms with van der Waals surface area (Å²) in [6, 6.07) is 10.4. The quantitative estimate of drug-likeness (QED) is 0.883. The molecule has 1 N–H and O–H groups in total. The molecule has 0 unspecified atom stereocenters. The number of rotatable bonds is 6. The fourth-order valence-electron chi connectivity index (χ4n) is 2.02. The number of benzene rings is 1. The lowest BCUT2D eigenvalue weighted by Crippen LogP contribution is -2.34. The van der Waals surface area contributed by atoms with Crippen molar-refractivity contribution in [1.29, 1.82) is 0 Å². The van der Waals surface area contributed by atoms with Crippen molar-refractivity contribution in [3.05, 3.63) is 58.0 Å². The van der Waals surface area contributed by atoms with Gasteiger partial charge >= 0.3 is 0 Å². The second-order valence-corrected chi connectivity index (χ2v) is 5.13. The highest BCUT2D eigenvalue weighted by molar-refractivity contribution is 5.93. The van der Waals surface area contributed by atoms with Gasteiger partial charge in [0, 0.05) is 12.7 Å². The van der Waals surface area contributed by atoms with Crippen LogP contribution in [0.1, 0.15) is 16.1 Å². The molecule has 1 amide bonds. The van der Waals surface area contributed by atoms with Crippen molar-refractivity contribution >= 4 is 5.91 Å². The first-order valence-electron chi connectivity index (χ1n) is 7.23. The van der Waals surface area contributed by atoms with Crippen LogP contribution in [0.2, 0.25) is 0 Å². The Labute approximate surface area is 134 Å². The van der Waals surface area contributed by atoms with Crippen LogP contribution in [0, 0.1) is 6.92 Å². The Morgan fingerprint density at radius 2 is 1.78 bits per heavy atom. The van der Waals surface area contributed by atoms with Crippen molar-refractivity contribution in [3.8, 4) is 11.5 Å². The van der Waals surface area contributed by atoms with Gasteiger partial charge in [0.25, 0.3) is 11.5 Å². The second kappa shape index (κ2) is 7.49. The molecule has 0 atom stereocenters. The van der Waals surface area contributed by atoms with E-state index in [1.54, 1.807) is 51.4 Å². The molecule has 6 nitrogen and oxygen atoms in total. The number of H-pyrrole nitrogens is 1. The van der Waals surface area contributed by atoms with E-state index < -0.39 is 0 Å². The van der Waals surface area contributed by atoms with Gasteiger partial charge < -0.3 is 19.4 Å². The molecule has 6 heteroatoms.